The lowest BCUT2D eigenvalue weighted by Crippen LogP contribution is -2.30. The van der Waals surface area contributed by atoms with Crippen LogP contribution in [-0.2, 0) is 4.79 Å². The molecule has 0 heterocycles. The van der Waals surface area contributed by atoms with Gasteiger partial charge in [-0.1, -0.05) is 31.3 Å². The van der Waals surface area contributed by atoms with E-state index in [0.29, 0.717) is 6.42 Å². The number of rotatable bonds is 1. The van der Waals surface area contributed by atoms with E-state index in [1.807, 2.05) is 13.8 Å². The Kier molecular flexibility index (Phi) is 4.31. The lowest BCUT2D eigenvalue weighted by atomic mass is 9.68. The highest BCUT2D eigenvalue weighted by Crippen LogP contribution is 2.39. The Morgan fingerprint density at radius 2 is 2.29 bits per heavy atom. The molecule has 1 N–H and O–H groups in total. The van der Waals surface area contributed by atoms with Crippen LogP contribution in [-0.4, -0.2) is 17.5 Å². The zero-order valence-corrected chi connectivity index (χ0v) is 11.0. The summed E-state index contributed by atoms with van der Waals surface area (Å²) >= 11 is 0. The molecule has 0 aromatic rings. The van der Waals surface area contributed by atoms with Gasteiger partial charge in [-0.3, -0.25) is 4.79 Å². The van der Waals surface area contributed by atoms with Gasteiger partial charge in [0.15, 0.2) is 5.78 Å². The summed E-state index contributed by atoms with van der Waals surface area (Å²) in [5.74, 6) is 6.57. The predicted molar refractivity (Wildman–Crippen MR) is 69.3 cm³/mol. The van der Waals surface area contributed by atoms with E-state index < -0.39 is 0 Å². The zero-order valence-electron chi connectivity index (χ0n) is 11.0. The number of aliphatic hydroxyl groups is 1. The molecule has 1 aliphatic rings. The van der Waals surface area contributed by atoms with Gasteiger partial charge in [0, 0.05) is 12.3 Å². The van der Waals surface area contributed by atoms with Crippen molar-refractivity contribution >= 4 is 5.78 Å². The van der Waals surface area contributed by atoms with Crippen molar-refractivity contribution in [1.29, 1.82) is 0 Å². The fourth-order valence-electron chi connectivity index (χ4n) is 2.24. The van der Waals surface area contributed by atoms with Gasteiger partial charge < -0.3 is 5.11 Å². The van der Waals surface area contributed by atoms with Gasteiger partial charge in [-0.2, -0.15) is 0 Å². The van der Waals surface area contributed by atoms with Crippen LogP contribution in [0.25, 0.3) is 0 Å². The van der Waals surface area contributed by atoms with Crippen molar-refractivity contribution in [1.82, 2.24) is 0 Å². The lowest BCUT2D eigenvalue weighted by molar-refractivity contribution is -0.117. The Labute approximate surface area is 103 Å². The molecule has 0 fully saturated rings. The lowest BCUT2D eigenvalue weighted by Gasteiger charge is -2.34. The molecule has 1 unspecified atom stereocenters. The minimum absolute atomic E-state index is 0.0158. The van der Waals surface area contributed by atoms with Crippen molar-refractivity contribution in [2.24, 2.45) is 11.3 Å². The molecule has 0 radical (unpaired) electrons. The first-order valence-corrected chi connectivity index (χ1v) is 5.87. The maximum atomic E-state index is 11.5. The summed E-state index contributed by atoms with van der Waals surface area (Å²) in [4.78, 5) is 11.5. The van der Waals surface area contributed by atoms with Crippen molar-refractivity contribution < 1.29 is 9.90 Å². The minimum Gasteiger partial charge on any atom is -0.392 e. The number of carbonyl (C=O) groups excluding carboxylic acids is 1. The molecule has 17 heavy (non-hydrogen) atoms. The summed E-state index contributed by atoms with van der Waals surface area (Å²) in [6.45, 7) is 8.01. The number of hydrogen-bond donors (Lipinski definition) is 1. The average molecular weight is 232 g/mol. The smallest absolute Gasteiger partial charge is 0.156 e. The molecular formula is C15H20O2. The normalized spacial score (nSPS) is 23.8. The fourth-order valence-corrected chi connectivity index (χ4v) is 2.24. The highest BCUT2D eigenvalue weighted by atomic mass is 16.2. The molecule has 0 saturated heterocycles. The van der Waals surface area contributed by atoms with Crippen molar-refractivity contribution in [2.75, 3.05) is 6.61 Å². The monoisotopic (exact) mass is 232 g/mol. The first-order chi connectivity index (χ1) is 7.86. The third-order valence-corrected chi connectivity index (χ3v) is 3.07. The van der Waals surface area contributed by atoms with Crippen LogP contribution in [0, 0.1) is 23.2 Å². The molecule has 0 saturated carbocycles. The molecule has 0 bridgehead atoms. The molecular weight excluding hydrogens is 212 g/mol. The molecule has 1 atom stereocenters. The Balaban J connectivity index is 3.00. The standard InChI is InChI=1S/C15H20O2/c1-11(7-8-16)5-6-14-12(2)9-13(17)10-15(14,3)4/h7,9,14,16H,8,10H2,1-4H3/b11-7-. The average Bonchev–Trinajstić information content (AvgIpc) is 2.14. The van der Waals surface area contributed by atoms with Crippen LogP contribution in [0.5, 0.6) is 0 Å². The van der Waals surface area contributed by atoms with Crippen molar-refractivity contribution in [2.45, 2.75) is 34.1 Å². The highest BCUT2D eigenvalue weighted by molar-refractivity contribution is 5.92. The third kappa shape index (κ3) is 3.57. The van der Waals surface area contributed by atoms with Gasteiger partial charge in [0.05, 0.1) is 6.61 Å². The Bertz CT molecular complexity index is 428. The van der Waals surface area contributed by atoms with Crippen LogP contribution >= 0.6 is 0 Å². The van der Waals surface area contributed by atoms with Gasteiger partial charge in [-0.05, 0) is 37.0 Å². The highest BCUT2D eigenvalue weighted by Gasteiger charge is 2.34. The predicted octanol–water partition coefficient (Wildman–Crippen LogP) is 2.49. The fraction of sp³-hybridized carbons (Fsp3) is 0.533. The van der Waals surface area contributed by atoms with Crippen molar-refractivity contribution in [3.05, 3.63) is 23.3 Å². The van der Waals surface area contributed by atoms with E-state index in [2.05, 4.69) is 25.7 Å². The third-order valence-electron chi connectivity index (χ3n) is 3.07. The Morgan fingerprint density at radius 3 is 2.82 bits per heavy atom. The zero-order chi connectivity index (χ0) is 13.1. The van der Waals surface area contributed by atoms with Gasteiger partial charge in [-0.15, -0.1) is 0 Å². The molecule has 0 aliphatic heterocycles. The SMILES string of the molecule is CC1=CC(=O)CC(C)(C)C1C#C/C(C)=C\CO. The summed E-state index contributed by atoms with van der Waals surface area (Å²) in [6, 6.07) is 0. The largest absolute Gasteiger partial charge is 0.392 e. The number of hydrogen-bond acceptors (Lipinski definition) is 2. The van der Waals surface area contributed by atoms with Gasteiger partial charge in [-0.25, -0.2) is 0 Å². The van der Waals surface area contributed by atoms with E-state index in [0.717, 1.165) is 11.1 Å². The van der Waals surface area contributed by atoms with E-state index in [-0.39, 0.29) is 23.7 Å². The van der Waals surface area contributed by atoms with Gasteiger partial charge in [0.25, 0.3) is 0 Å². The van der Waals surface area contributed by atoms with E-state index in [4.69, 9.17) is 5.11 Å². The minimum atomic E-state index is -0.109. The number of aliphatic hydroxyl groups excluding tert-OH is 1. The summed E-state index contributed by atoms with van der Waals surface area (Å²) in [7, 11) is 0. The topological polar surface area (TPSA) is 37.3 Å². The van der Waals surface area contributed by atoms with E-state index >= 15 is 0 Å². The molecule has 0 aromatic carbocycles. The van der Waals surface area contributed by atoms with Crippen LogP contribution in [0.4, 0.5) is 0 Å². The second-order valence-electron chi connectivity index (χ2n) is 5.29. The summed E-state index contributed by atoms with van der Waals surface area (Å²) in [6.07, 6.45) is 3.94. The maximum Gasteiger partial charge on any atom is 0.156 e. The van der Waals surface area contributed by atoms with Crippen molar-refractivity contribution in [3.63, 3.8) is 0 Å². The molecule has 0 aromatic heterocycles. The number of carbonyl (C=O) groups is 1. The summed E-state index contributed by atoms with van der Waals surface area (Å²) in [5, 5.41) is 8.76. The molecule has 2 heteroatoms. The molecule has 0 spiro atoms. The number of allylic oxidation sites excluding steroid dienone is 3. The van der Waals surface area contributed by atoms with E-state index in [1.165, 1.54) is 0 Å². The summed E-state index contributed by atoms with van der Waals surface area (Å²) in [5.41, 5.74) is 1.80. The van der Waals surface area contributed by atoms with Gasteiger partial charge in [0.2, 0.25) is 0 Å². The van der Waals surface area contributed by atoms with E-state index in [1.54, 1.807) is 12.2 Å². The molecule has 92 valence electrons. The van der Waals surface area contributed by atoms with Crippen LogP contribution in [0.1, 0.15) is 34.1 Å². The molecule has 0 amide bonds. The quantitative estimate of drug-likeness (QED) is 0.705. The van der Waals surface area contributed by atoms with Crippen LogP contribution in [0.3, 0.4) is 0 Å². The van der Waals surface area contributed by atoms with Gasteiger partial charge in [0.1, 0.15) is 0 Å². The van der Waals surface area contributed by atoms with E-state index in [9.17, 15) is 4.79 Å². The van der Waals surface area contributed by atoms with Gasteiger partial charge >= 0.3 is 0 Å². The Hall–Kier alpha value is -1.33. The number of ketones is 1. The second-order valence-corrected chi connectivity index (χ2v) is 5.29. The molecule has 1 rings (SSSR count). The van der Waals surface area contributed by atoms with Crippen LogP contribution in [0.2, 0.25) is 0 Å². The first kappa shape index (κ1) is 13.7. The second kappa shape index (κ2) is 5.33. The van der Waals surface area contributed by atoms with Crippen molar-refractivity contribution in [3.8, 4) is 11.8 Å². The first-order valence-electron chi connectivity index (χ1n) is 5.87. The van der Waals surface area contributed by atoms with Crippen LogP contribution in [0.15, 0.2) is 23.3 Å². The molecule has 1 aliphatic carbocycles. The Morgan fingerprint density at radius 1 is 1.65 bits per heavy atom. The molecule has 2 nitrogen and oxygen atoms in total. The van der Waals surface area contributed by atoms with Crippen LogP contribution < -0.4 is 0 Å². The summed E-state index contributed by atoms with van der Waals surface area (Å²) < 4.78 is 0. The maximum absolute atomic E-state index is 11.5.